The topological polar surface area (TPSA) is 37.3 Å². The summed E-state index contributed by atoms with van der Waals surface area (Å²) < 4.78 is 13.7. The molecule has 2 aromatic rings. The fourth-order valence-corrected chi connectivity index (χ4v) is 2.45. The summed E-state index contributed by atoms with van der Waals surface area (Å²) in [4.78, 5) is 10.9. The SMILES string of the molecule is Cc1csc2cc(F)cc(C(=O)O)c12. The molecule has 0 saturated carbocycles. The molecule has 4 heteroatoms. The third kappa shape index (κ3) is 1.28. The highest BCUT2D eigenvalue weighted by molar-refractivity contribution is 7.17. The normalized spacial score (nSPS) is 10.7. The first kappa shape index (κ1) is 9.15. The van der Waals surface area contributed by atoms with Crippen molar-refractivity contribution in [3.05, 3.63) is 34.5 Å². The summed E-state index contributed by atoms with van der Waals surface area (Å²) in [5.41, 5.74) is 0.918. The number of benzene rings is 1. The molecule has 2 nitrogen and oxygen atoms in total. The van der Waals surface area contributed by atoms with Crippen molar-refractivity contribution in [2.24, 2.45) is 0 Å². The van der Waals surface area contributed by atoms with Crippen molar-refractivity contribution in [1.82, 2.24) is 0 Å². The van der Waals surface area contributed by atoms with Crippen molar-refractivity contribution in [2.75, 3.05) is 0 Å². The Kier molecular flexibility index (Phi) is 2.00. The van der Waals surface area contributed by atoms with Crippen LogP contribution >= 0.6 is 11.3 Å². The van der Waals surface area contributed by atoms with E-state index >= 15 is 0 Å². The maximum Gasteiger partial charge on any atom is 0.336 e. The van der Waals surface area contributed by atoms with Crippen LogP contribution in [0.3, 0.4) is 0 Å². The number of halogens is 1. The number of hydrogen-bond acceptors (Lipinski definition) is 2. The Labute approximate surface area is 83.6 Å². The van der Waals surface area contributed by atoms with Crippen LogP contribution in [-0.2, 0) is 0 Å². The Morgan fingerprint density at radius 2 is 2.21 bits per heavy atom. The Bertz CT molecular complexity index is 516. The van der Waals surface area contributed by atoms with E-state index in [0.717, 1.165) is 11.6 Å². The summed E-state index contributed by atoms with van der Waals surface area (Å²) >= 11 is 1.36. The third-order valence-electron chi connectivity index (χ3n) is 2.05. The molecule has 0 atom stereocenters. The van der Waals surface area contributed by atoms with Gasteiger partial charge in [-0.1, -0.05) is 0 Å². The van der Waals surface area contributed by atoms with E-state index in [1.807, 2.05) is 12.3 Å². The highest BCUT2D eigenvalue weighted by Gasteiger charge is 2.13. The quantitative estimate of drug-likeness (QED) is 0.785. The molecule has 14 heavy (non-hydrogen) atoms. The fourth-order valence-electron chi connectivity index (χ4n) is 1.46. The fraction of sp³-hybridized carbons (Fsp3) is 0.100. The van der Waals surface area contributed by atoms with Crippen LogP contribution in [0.1, 0.15) is 15.9 Å². The third-order valence-corrected chi connectivity index (χ3v) is 3.10. The minimum atomic E-state index is -1.09. The van der Waals surface area contributed by atoms with Gasteiger partial charge >= 0.3 is 5.97 Å². The molecule has 1 aromatic carbocycles. The summed E-state index contributed by atoms with van der Waals surface area (Å²) in [5, 5.41) is 11.4. The summed E-state index contributed by atoms with van der Waals surface area (Å²) in [5.74, 6) is -1.59. The standard InChI is InChI=1S/C10H7FO2S/c1-5-4-14-8-3-6(11)2-7(9(5)8)10(12)13/h2-4H,1H3,(H,12,13). The monoisotopic (exact) mass is 210 g/mol. The highest BCUT2D eigenvalue weighted by atomic mass is 32.1. The van der Waals surface area contributed by atoms with Crippen LogP contribution in [0, 0.1) is 12.7 Å². The molecule has 0 radical (unpaired) electrons. The van der Waals surface area contributed by atoms with Crippen LogP contribution < -0.4 is 0 Å². The number of thiophene rings is 1. The van der Waals surface area contributed by atoms with Gasteiger partial charge in [0, 0.05) is 10.1 Å². The number of rotatable bonds is 1. The Hall–Kier alpha value is -1.42. The van der Waals surface area contributed by atoms with Crippen LogP contribution in [0.25, 0.3) is 10.1 Å². The molecule has 1 aromatic heterocycles. The molecule has 0 aliphatic carbocycles. The lowest BCUT2D eigenvalue weighted by atomic mass is 10.1. The highest BCUT2D eigenvalue weighted by Crippen LogP contribution is 2.29. The van der Waals surface area contributed by atoms with Gasteiger partial charge in [-0.3, -0.25) is 0 Å². The van der Waals surface area contributed by atoms with Crippen LogP contribution in [0.2, 0.25) is 0 Å². The predicted molar refractivity (Wildman–Crippen MR) is 53.5 cm³/mol. The average Bonchev–Trinajstić information content (AvgIpc) is 2.46. The molecule has 0 bridgehead atoms. The van der Waals surface area contributed by atoms with E-state index in [9.17, 15) is 9.18 Å². The van der Waals surface area contributed by atoms with Gasteiger partial charge in [0.05, 0.1) is 5.56 Å². The van der Waals surface area contributed by atoms with Gasteiger partial charge in [-0.15, -0.1) is 11.3 Å². The lowest BCUT2D eigenvalue weighted by Gasteiger charge is -1.99. The number of carboxylic acid groups (broad SMARTS) is 1. The molecule has 72 valence electrons. The van der Waals surface area contributed by atoms with E-state index in [2.05, 4.69) is 0 Å². The zero-order chi connectivity index (χ0) is 10.3. The first-order valence-electron chi connectivity index (χ1n) is 4.00. The van der Waals surface area contributed by atoms with Crippen molar-refractivity contribution in [3.8, 4) is 0 Å². The van der Waals surface area contributed by atoms with E-state index in [1.165, 1.54) is 17.4 Å². The van der Waals surface area contributed by atoms with Crippen molar-refractivity contribution in [1.29, 1.82) is 0 Å². The van der Waals surface area contributed by atoms with Crippen molar-refractivity contribution >= 4 is 27.4 Å². The smallest absolute Gasteiger partial charge is 0.336 e. The number of hydrogen-bond donors (Lipinski definition) is 1. The molecule has 0 unspecified atom stereocenters. The lowest BCUT2D eigenvalue weighted by Crippen LogP contribution is -1.98. The zero-order valence-corrected chi connectivity index (χ0v) is 8.19. The van der Waals surface area contributed by atoms with Gasteiger partial charge in [0.2, 0.25) is 0 Å². The van der Waals surface area contributed by atoms with Gasteiger partial charge in [-0.05, 0) is 30.0 Å². The Morgan fingerprint density at radius 1 is 1.50 bits per heavy atom. The molecule has 1 N–H and O–H groups in total. The number of carbonyl (C=O) groups is 1. The summed E-state index contributed by atoms with van der Waals surface area (Å²) in [7, 11) is 0. The molecule has 1 heterocycles. The first-order chi connectivity index (χ1) is 6.59. The predicted octanol–water partition coefficient (Wildman–Crippen LogP) is 3.05. The zero-order valence-electron chi connectivity index (χ0n) is 7.37. The molecule has 0 aliphatic rings. The van der Waals surface area contributed by atoms with E-state index in [4.69, 9.17) is 5.11 Å². The van der Waals surface area contributed by atoms with Crippen LogP contribution in [0.15, 0.2) is 17.5 Å². The van der Waals surface area contributed by atoms with Crippen LogP contribution in [-0.4, -0.2) is 11.1 Å². The summed E-state index contributed by atoms with van der Waals surface area (Å²) in [6.07, 6.45) is 0. The summed E-state index contributed by atoms with van der Waals surface area (Å²) in [6, 6.07) is 2.42. The average molecular weight is 210 g/mol. The largest absolute Gasteiger partial charge is 0.478 e. The van der Waals surface area contributed by atoms with Crippen LogP contribution in [0.4, 0.5) is 4.39 Å². The van der Waals surface area contributed by atoms with Crippen LogP contribution in [0.5, 0.6) is 0 Å². The lowest BCUT2D eigenvalue weighted by molar-refractivity contribution is 0.0698. The number of carboxylic acids is 1. The second-order valence-electron chi connectivity index (χ2n) is 3.05. The van der Waals surface area contributed by atoms with E-state index in [0.29, 0.717) is 10.1 Å². The Morgan fingerprint density at radius 3 is 2.86 bits per heavy atom. The van der Waals surface area contributed by atoms with Gasteiger partial charge in [-0.25, -0.2) is 9.18 Å². The van der Waals surface area contributed by atoms with Crippen molar-refractivity contribution in [3.63, 3.8) is 0 Å². The molecular formula is C10H7FO2S. The molecular weight excluding hydrogens is 203 g/mol. The van der Waals surface area contributed by atoms with Gasteiger partial charge < -0.3 is 5.11 Å². The minimum Gasteiger partial charge on any atom is -0.478 e. The van der Waals surface area contributed by atoms with E-state index < -0.39 is 11.8 Å². The first-order valence-corrected chi connectivity index (χ1v) is 4.88. The molecule has 0 saturated heterocycles. The molecule has 0 fully saturated rings. The van der Waals surface area contributed by atoms with Gasteiger partial charge in [0.1, 0.15) is 5.82 Å². The molecule has 2 rings (SSSR count). The number of aromatic carboxylic acids is 1. The molecule has 0 amide bonds. The van der Waals surface area contributed by atoms with E-state index in [-0.39, 0.29) is 5.56 Å². The van der Waals surface area contributed by atoms with Crippen molar-refractivity contribution in [2.45, 2.75) is 6.92 Å². The molecule has 0 spiro atoms. The number of fused-ring (bicyclic) bond motifs is 1. The van der Waals surface area contributed by atoms with Crippen molar-refractivity contribution < 1.29 is 14.3 Å². The van der Waals surface area contributed by atoms with Gasteiger partial charge in [-0.2, -0.15) is 0 Å². The second kappa shape index (κ2) is 3.06. The second-order valence-corrected chi connectivity index (χ2v) is 3.96. The Balaban J connectivity index is 2.90. The van der Waals surface area contributed by atoms with Gasteiger partial charge in [0.25, 0.3) is 0 Å². The molecule has 0 aliphatic heterocycles. The maximum absolute atomic E-state index is 13.0. The summed E-state index contributed by atoms with van der Waals surface area (Å²) in [6.45, 7) is 1.82. The minimum absolute atomic E-state index is 0.0405. The van der Waals surface area contributed by atoms with E-state index in [1.54, 1.807) is 0 Å². The maximum atomic E-state index is 13.0. The van der Waals surface area contributed by atoms with Gasteiger partial charge in [0.15, 0.2) is 0 Å². The number of aryl methyl sites for hydroxylation is 1.